The largest absolute Gasteiger partial charge is 0.478 e. The summed E-state index contributed by atoms with van der Waals surface area (Å²) in [7, 11) is 0. The molecule has 0 amide bonds. The van der Waals surface area contributed by atoms with Crippen molar-refractivity contribution in [3.63, 3.8) is 0 Å². The van der Waals surface area contributed by atoms with Gasteiger partial charge in [-0.3, -0.25) is 0 Å². The van der Waals surface area contributed by atoms with Crippen molar-refractivity contribution in [1.82, 2.24) is 9.97 Å². The summed E-state index contributed by atoms with van der Waals surface area (Å²) in [5.41, 5.74) is 1.94. The Morgan fingerprint density at radius 1 is 0.912 bits per heavy atom. The van der Waals surface area contributed by atoms with E-state index < -0.39 is 17.7 Å². The van der Waals surface area contributed by atoms with Crippen LogP contribution in [0, 0.1) is 13.8 Å². The lowest BCUT2D eigenvalue weighted by Crippen LogP contribution is -2.49. The first-order valence-electron chi connectivity index (χ1n) is 11.2. The van der Waals surface area contributed by atoms with Crippen molar-refractivity contribution in [3.8, 4) is 6.01 Å². The lowest BCUT2D eigenvalue weighted by molar-refractivity contribution is -0.168. The van der Waals surface area contributed by atoms with E-state index in [9.17, 15) is 9.90 Å². The molecule has 3 aromatic carbocycles. The highest BCUT2D eigenvalue weighted by Crippen LogP contribution is 2.32. The van der Waals surface area contributed by atoms with Gasteiger partial charge in [-0.25, -0.2) is 14.8 Å². The van der Waals surface area contributed by atoms with Crippen LogP contribution in [0.1, 0.15) is 29.4 Å². The van der Waals surface area contributed by atoms with Gasteiger partial charge in [-0.2, -0.15) is 0 Å². The SMILES string of the molecule is Cc1cc(C)nc(OC(C(=O)O)C(C)(OCCc2ccc3ccccc3c2)c2ccccc2)n1. The molecule has 0 radical (unpaired) electrons. The standard InChI is InChI=1S/C28H28N2O4/c1-19-17-20(2)30-27(29-19)34-25(26(31)32)28(3,24-11-5-4-6-12-24)33-16-15-21-13-14-22-9-7-8-10-23(22)18-21/h4-14,17-18,25H,15-16H2,1-3H3,(H,31,32). The quantitative estimate of drug-likeness (QED) is 0.370. The Kier molecular flexibility index (Phi) is 6.89. The molecule has 0 spiro atoms. The van der Waals surface area contributed by atoms with Gasteiger partial charge in [0.25, 0.3) is 0 Å². The molecule has 0 aliphatic rings. The van der Waals surface area contributed by atoms with Crippen LogP contribution in [0.25, 0.3) is 10.8 Å². The number of fused-ring (bicyclic) bond motifs is 1. The lowest BCUT2D eigenvalue weighted by Gasteiger charge is -2.35. The first kappa shape index (κ1) is 23.4. The summed E-state index contributed by atoms with van der Waals surface area (Å²) in [6.07, 6.45) is -0.729. The Hall–Kier alpha value is -3.77. The van der Waals surface area contributed by atoms with Gasteiger partial charge >= 0.3 is 12.0 Å². The number of carboxylic acids is 1. The number of hydrogen-bond donors (Lipinski definition) is 1. The zero-order valence-electron chi connectivity index (χ0n) is 19.6. The molecule has 6 heteroatoms. The second-order valence-corrected chi connectivity index (χ2v) is 8.52. The minimum atomic E-state index is -1.35. The highest BCUT2D eigenvalue weighted by molar-refractivity contribution is 5.83. The molecule has 0 saturated carbocycles. The van der Waals surface area contributed by atoms with Crippen molar-refractivity contribution < 1.29 is 19.4 Å². The molecule has 2 atom stereocenters. The number of nitrogens with zero attached hydrogens (tertiary/aromatic N) is 2. The summed E-state index contributed by atoms with van der Waals surface area (Å²) in [6, 6.07) is 25.6. The van der Waals surface area contributed by atoms with Crippen LogP contribution >= 0.6 is 0 Å². The van der Waals surface area contributed by atoms with E-state index in [4.69, 9.17) is 9.47 Å². The maximum absolute atomic E-state index is 12.4. The van der Waals surface area contributed by atoms with Gasteiger partial charge in [0.05, 0.1) is 6.61 Å². The van der Waals surface area contributed by atoms with Crippen LogP contribution in [-0.2, 0) is 21.6 Å². The molecule has 0 aliphatic carbocycles. The Labute approximate surface area is 199 Å². The van der Waals surface area contributed by atoms with Crippen LogP contribution in [0.5, 0.6) is 6.01 Å². The van der Waals surface area contributed by atoms with E-state index >= 15 is 0 Å². The van der Waals surface area contributed by atoms with Gasteiger partial charge in [-0.1, -0.05) is 72.8 Å². The number of aryl methyl sites for hydroxylation is 2. The summed E-state index contributed by atoms with van der Waals surface area (Å²) < 4.78 is 12.2. The molecule has 174 valence electrons. The third-order valence-electron chi connectivity index (χ3n) is 5.86. The number of carboxylic acid groups (broad SMARTS) is 1. The van der Waals surface area contributed by atoms with Crippen molar-refractivity contribution in [2.45, 2.75) is 38.9 Å². The first-order chi connectivity index (χ1) is 16.3. The number of aromatic nitrogens is 2. The summed E-state index contributed by atoms with van der Waals surface area (Å²) >= 11 is 0. The van der Waals surface area contributed by atoms with Crippen molar-refractivity contribution >= 4 is 16.7 Å². The number of aliphatic carboxylic acids is 1. The molecule has 0 saturated heterocycles. The molecule has 1 heterocycles. The Balaban J connectivity index is 1.60. The first-order valence-corrected chi connectivity index (χ1v) is 11.2. The molecule has 0 bridgehead atoms. The van der Waals surface area contributed by atoms with Crippen LogP contribution in [0.3, 0.4) is 0 Å². The molecule has 0 aliphatic heterocycles. The molecule has 1 N–H and O–H groups in total. The van der Waals surface area contributed by atoms with Gasteiger partial charge in [0.1, 0.15) is 5.60 Å². The summed E-state index contributed by atoms with van der Waals surface area (Å²) in [5.74, 6) is -1.15. The van der Waals surface area contributed by atoms with E-state index in [0.29, 0.717) is 30.0 Å². The van der Waals surface area contributed by atoms with Gasteiger partial charge < -0.3 is 14.6 Å². The van der Waals surface area contributed by atoms with E-state index in [1.807, 2.05) is 56.3 Å². The fourth-order valence-corrected chi connectivity index (χ4v) is 4.10. The summed E-state index contributed by atoms with van der Waals surface area (Å²) in [6.45, 7) is 5.68. The molecule has 2 unspecified atom stereocenters. The van der Waals surface area contributed by atoms with E-state index in [0.717, 1.165) is 10.9 Å². The fourth-order valence-electron chi connectivity index (χ4n) is 4.10. The molecule has 0 fully saturated rings. The Morgan fingerprint density at radius 2 is 1.56 bits per heavy atom. The van der Waals surface area contributed by atoms with Crippen LogP contribution < -0.4 is 4.74 Å². The van der Waals surface area contributed by atoms with Crippen LogP contribution in [0.15, 0.2) is 78.9 Å². The third-order valence-corrected chi connectivity index (χ3v) is 5.86. The van der Waals surface area contributed by atoms with E-state index in [2.05, 4.69) is 40.3 Å². The molecule has 6 nitrogen and oxygen atoms in total. The molecule has 4 rings (SSSR count). The van der Waals surface area contributed by atoms with Crippen LogP contribution in [0.2, 0.25) is 0 Å². The van der Waals surface area contributed by atoms with E-state index in [1.165, 1.54) is 5.39 Å². The maximum atomic E-state index is 12.4. The predicted molar refractivity (Wildman–Crippen MR) is 131 cm³/mol. The Morgan fingerprint density at radius 3 is 2.24 bits per heavy atom. The minimum absolute atomic E-state index is 0.0187. The number of rotatable bonds is 9. The van der Waals surface area contributed by atoms with Gasteiger partial charge in [0, 0.05) is 11.4 Å². The van der Waals surface area contributed by atoms with Gasteiger partial charge in [0.2, 0.25) is 6.10 Å². The summed E-state index contributed by atoms with van der Waals surface area (Å²) in [5, 5.41) is 12.5. The number of carbonyl (C=O) groups is 1. The molecule has 1 aromatic heterocycles. The monoisotopic (exact) mass is 456 g/mol. The zero-order valence-corrected chi connectivity index (χ0v) is 19.6. The molecular formula is C28H28N2O4. The van der Waals surface area contributed by atoms with Crippen molar-refractivity contribution in [2.75, 3.05) is 6.61 Å². The highest BCUT2D eigenvalue weighted by Gasteiger charge is 2.44. The molecule has 34 heavy (non-hydrogen) atoms. The normalized spacial score (nSPS) is 13.9. The van der Waals surface area contributed by atoms with Gasteiger partial charge in [-0.15, -0.1) is 0 Å². The minimum Gasteiger partial charge on any atom is -0.478 e. The number of hydrogen-bond acceptors (Lipinski definition) is 5. The fraction of sp³-hybridized carbons (Fsp3) is 0.250. The number of benzene rings is 3. The van der Waals surface area contributed by atoms with Crippen molar-refractivity contribution in [1.29, 1.82) is 0 Å². The third kappa shape index (κ3) is 5.24. The second-order valence-electron chi connectivity index (χ2n) is 8.52. The van der Waals surface area contributed by atoms with Gasteiger partial charge in [0.15, 0.2) is 0 Å². The average molecular weight is 457 g/mol. The Bertz CT molecular complexity index is 1270. The molecule has 4 aromatic rings. The zero-order chi connectivity index (χ0) is 24.1. The van der Waals surface area contributed by atoms with E-state index in [1.54, 1.807) is 13.0 Å². The van der Waals surface area contributed by atoms with E-state index in [-0.39, 0.29) is 6.01 Å². The second kappa shape index (κ2) is 10.0. The predicted octanol–water partition coefficient (Wildman–Crippen LogP) is 5.25. The maximum Gasteiger partial charge on any atom is 0.348 e. The highest BCUT2D eigenvalue weighted by atomic mass is 16.6. The average Bonchev–Trinajstić information content (AvgIpc) is 2.82. The van der Waals surface area contributed by atoms with Crippen LogP contribution in [-0.4, -0.2) is 33.8 Å². The summed E-state index contributed by atoms with van der Waals surface area (Å²) in [4.78, 5) is 20.9. The van der Waals surface area contributed by atoms with Crippen molar-refractivity contribution in [3.05, 3.63) is 101 Å². The topological polar surface area (TPSA) is 81.5 Å². The molecular weight excluding hydrogens is 428 g/mol. The van der Waals surface area contributed by atoms with Crippen molar-refractivity contribution in [2.24, 2.45) is 0 Å². The van der Waals surface area contributed by atoms with Crippen LogP contribution in [0.4, 0.5) is 0 Å². The van der Waals surface area contributed by atoms with Gasteiger partial charge in [-0.05, 0) is 55.2 Å². The lowest BCUT2D eigenvalue weighted by atomic mass is 9.89. The number of ether oxygens (including phenoxy) is 2. The smallest absolute Gasteiger partial charge is 0.348 e.